The number of imide groups is 1. The summed E-state index contributed by atoms with van der Waals surface area (Å²) in [6, 6.07) is 15.1. The molecule has 1 aliphatic heterocycles. The summed E-state index contributed by atoms with van der Waals surface area (Å²) in [4.78, 5) is 35.3. The van der Waals surface area contributed by atoms with E-state index in [0.29, 0.717) is 5.56 Å². The summed E-state index contributed by atoms with van der Waals surface area (Å²) >= 11 is 1.31. The first-order valence-corrected chi connectivity index (χ1v) is 7.75. The van der Waals surface area contributed by atoms with Crippen molar-refractivity contribution in [3.05, 3.63) is 70.3 Å². The van der Waals surface area contributed by atoms with E-state index in [0.717, 1.165) is 4.90 Å². The average molecular weight is 328 g/mol. The minimum atomic E-state index is -0.659. The number of carbonyl (C=O) groups excluding carboxylic acids is 2. The highest BCUT2D eigenvalue weighted by molar-refractivity contribution is 8.00. The molecular weight excluding hydrogens is 316 g/mol. The molecule has 2 amide bonds. The topological polar surface area (TPSA) is 89.3 Å². The average Bonchev–Trinajstić information content (AvgIpc) is 2.82. The van der Waals surface area contributed by atoms with Crippen LogP contribution < -0.4 is 5.32 Å². The molecule has 0 bridgehead atoms. The second kappa shape index (κ2) is 6.21. The number of nitrogens with one attached hydrogen (secondary N) is 1. The number of amides is 2. The fourth-order valence-corrected chi connectivity index (χ4v) is 3.65. The first kappa shape index (κ1) is 15.2. The van der Waals surface area contributed by atoms with Crippen molar-refractivity contribution >= 4 is 29.3 Å². The van der Waals surface area contributed by atoms with Gasteiger partial charge in [-0.05, 0) is 17.7 Å². The summed E-state index contributed by atoms with van der Waals surface area (Å²) in [5.41, 5.74) is 0.540. The smallest absolute Gasteiger partial charge is 0.269 e. The summed E-state index contributed by atoms with van der Waals surface area (Å²) in [7, 11) is 0. The first-order chi connectivity index (χ1) is 11.1. The highest BCUT2D eigenvalue weighted by Crippen LogP contribution is 2.37. The molecule has 0 spiro atoms. The molecule has 2 unspecified atom stereocenters. The lowest BCUT2D eigenvalue weighted by molar-refractivity contribution is -0.384. The first-order valence-electron chi connectivity index (χ1n) is 6.87. The minimum absolute atomic E-state index is 0.0502. The van der Waals surface area contributed by atoms with Gasteiger partial charge in [-0.1, -0.05) is 30.3 Å². The number of thioether (sulfide) groups is 1. The Labute approximate surface area is 136 Å². The van der Waals surface area contributed by atoms with Crippen molar-refractivity contribution < 1.29 is 14.5 Å². The number of hydrogen-bond donors (Lipinski definition) is 1. The highest BCUT2D eigenvalue weighted by Gasteiger charge is 2.43. The van der Waals surface area contributed by atoms with Crippen LogP contribution in [0.1, 0.15) is 11.5 Å². The van der Waals surface area contributed by atoms with E-state index in [4.69, 9.17) is 0 Å². The second-order valence-corrected chi connectivity index (χ2v) is 6.25. The second-order valence-electron chi connectivity index (χ2n) is 5.03. The van der Waals surface area contributed by atoms with Crippen LogP contribution in [-0.4, -0.2) is 22.0 Å². The monoisotopic (exact) mass is 328 g/mol. The molecule has 1 saturated heterocycles. The third-order valence-corrected chi connectivity index (χ3v) is 4.84. The Kier molecular flexibility index (Phi) is 4.12. The maximum absolute atomic E-state index is 12.1. The van der Waals surface area contributed by atoms with Gasteiger partial charge < -0.3 is 0 Å². The van der Waals surface area contributed by atoms with Crippen LogP contribution in [0.15, 0.2) is 59.5 Å². The molecule has 1 aliphatic rings. The molecule has 0 aromatic heterocycles. The number of non-ortho nitro benzene ring substituents is 1. The molecular formula is C16H12N2O4S. The third-order valence-electron chi connectivity index (χ3n) is 3.56. The van der Waals surface area contributed by atoms with Gasteiger partial charge in [0.25, 0.3) is 5.69 Å². The number of nitro benzene ring substituents is 1. The highest BCUT2D eigenvalue weighted by atomic mass is 32.2. The van der Waals surface area contributed by atoms with E-state index in [1.165, 1.54) is 36.0 Å². The van der Waals surface area contributed by atoms with E-state index >= 15 is 0 Å². The molecule has 1 heterocycles. The maximum atomic E-state index is 12.1. The van der Waals surface area contributed by atoms with Gasteiger partial charge in [0.2, 0.25) is 11.8 Å². The predicted molar refractivity (Wildman–Crippen MR) is 85.1 cm³/mol. The molecule has 3 rings (SSSR count). The fourth-order valence-electron chi connectivity index (χ4n) is 2.46. The quantitative estimate of drug-likeness (QED) is 0.529. The normalized spacial score (nSPS) is 20.3. The summed E-state index contributed by atoms with van der Waals surface area (Å²) in [5, 5.41) is 12.5. The molecule has 0 saturated carbocycles. The van der Waals surface area contributed by atoms with Gasteiger partial charge in [-0.25, -0.2) is 0 Å². The van der Waals surface area contributed by atoms with Crippen molar-refractivity contribution in [1.82, 2.24) is 5.32 Å². The van der Waals surface area contributed by atoms with Gasteiger partial charge >= 0.3 is 0 Å². The predicted octanol–water partition coefficient (Wildman–Crippen LogP) is 2.50. The van der Waals surface area contributed by atoms with E-state index in [-0.39, 0.29) is 17.5 Å². The van der Waals surface area contributed by atoms with Gasteiger partial charge in [-0.2, -0.15) is 0 Å². The number of rotatable bonds is 4. The van der Waals surface area contributed by atoms with E-state index in [1.807, 2.05) is 30.3 Å². The van der Waals surface area contributed by atoms with Crippen LogP contribution in [0.2, 0.25) is 0 Å². The lowest BCUT2D eigenvalue weighted by Crippen LogP contribution is -2.22. The van der Waals surface area contributed by atoms with Crippen LogP contribution in [0.4, 0.5) is 5.69 Å². The molecule has 23 heavy (non-hydrogen) atoms. The van der Waals surface area contributed by atoms with E-state index in [9.17, 15) is 19.7 Å². The van der Waals surface area contributed by atoms with Crippen LogP contribution in [0.3, 0.4) is 0 Å². The molecule has 2 aromatic rings. The van der Waals surface area contributed by atoms with Crippen molar-refractivity contribution in [2.45, 2.75) is 16.1 Å². The summed E-state index contributed by atoms with van der Waals surface area (Å²) < 4.78 is 0. The van der Waals surface area contributed by atoms with Gasteiger partial charge in [-0.3, -0.25) is 25.0 Å². The molecule has 116 valence electrons. The van der Waals surface area contributed by atoms with E-state index in [1.54, 1.807) is 0 Å². The lowest BCUT2D eigenvalue weighted by Gasteiger charge is -2.15. The van der Waals surface area contributed by atoms with Crippen LogP contribution in [0, 0.1) is 10.1 Å². The van der Waals surface area contributed by atoms with Crippen LogP contribution in [0.25, 0.3) is 0 Å². The largest absolute Gasteiger partial charge is 0.295 e. The zero-order chi connectivity index (χ0) is 16.4. The Hall–Kier alpha value is -2.67. The van der Waals surface area contributed by atoms with Gasteiger partial charge in [0.05, 0.1) is 10.8 Å². The molecule has 0 aliphatic carbocycles. The Bertz CT molecular complexity index is 761. The van der Waals surface area contributed by atoms with Crippen LogP contribution in [-0.2, 0) is 9.59 Å². The van der Waals surface area contributed by atoms with Gasteiger partial charge in [0.15, 0.2) is 0 Å². The number of nitrogens with zero attached hydrogens (tertiary/aromatic N) is 1. The Morgan fingerprint density at radius 1 is 0.957 bits per heavy atom. The molecule has 1 fully saturated rings. The van der Waals surface area contributed by atoms with Crippen molar-refractivity contribution in [2.75, 3.05) is 0 Å². The summed E-state index contributed by atoms with van der Waals surface area (Å²) in [6.07, 6.45) is 0. The van der Waals surface area contributed by atoms with Crippen molar-refractivity contribution in [1.29, 1.82) is 0 Å². The molecule has 2 aromatic carbocycles. The third kappa shape index (κ3) is 3.09. The molecule has 6 nitrogen and oxygen atoms in total. The van der Waals surface area contributed by atoms with Gasteiger partial charge in [-0.15, -0.1) is 11.8 Å². The maximum Gasteiger partial charge on any atom is 0.269 e. The van der Waals surface area contributed by atoms with E-state index < -0.39 is 16.1 Å². The number of benzene rings is 2. The summed E-state index contributed by atoms with van der Waals surface area (Å²) in [5.74, 6) is -1.38. The summed E-state index contributed by atoms with van der Waals surface area (Å²) in [6.45, 7) is 0. The minimum Gasteiger partial charge on any atom is -0.295 e. The number of hydrogen-bond acceptors (Lipinski definition) is 5. The van der Waals surface area contributed by atoms with Crippen LogP contribution in [0.5, 0.6) is 0 Å². The zero-order valence-corrected chi connectivity index (χ0v) is 12.7. The van der Waals surface area contributed by atoms with Crippen molar-refractivity contribution in [3.63, 3.8) is 0 Å². The SMILES string of the molecule is O=C1NC(=O)C(c2ccc([N+](=O)[O-])cc2)C1Sc1ccccc1. The van der Waals surface area contributed by atoms with Crippen molar-refractivity contribution in [3.8, 4) is 0 Å². The van der Waals surface area contributed by atoms with Gasteiger partial charge in [0, 0.05) is 17.0 Å². The Morgan fingerprint density at radius 3 is 2.22 bits per heavy atom. The Morgan fingerprint density at radius 2 is 1.61 bits per heavy atom. The molecule has 0 radical (unpaired) electrons. The number of nitro groups is 1. The van der Waals surface area contributed by atoms with Crippen molar-refractivity contribution in [2.24, 2.45) is 0 Å². The lowest BCUT2D eigenvalue weighted by atomic mass is 9.97. The van der Waals surface area contributed by atoms with Gasteiger partial charge in [0.1, 0.15) is 5.25 Å². The standard InChI is InChI=1S/C16H12N2O4S/c19-15-13(10-6-8-11(9-7-10)18(21)22)14(16(20)17-15)23-12-4-2-1-3-5-12/h1-9,13-14H,(H,17,19,20). The molecule has 2 atom stereocenters. The van der Waals surface area contributed by atoms with Crippen LogP contribution >= 0.6 is 11.8 Å². The van der Waals surface area contributed by atoms with E-state index in [2.05, 4.69) is 5.32 Å². The molecule has 1 N–H and O–H groups in total. The zero-order valence-electron chi connectivity index (χ0n) is 11.8. The molecule has 7 heteroatoms. The number of carbonyl (C=O) groups is 2. The Balaban J connectivity index is 1.89. The fraction of sp³-hybridized carbons (Fsp3) is 0.125.